The monoisotopic (exact) mass is 540 g/mol. The van der Waals surface area contributed by atoms with Gasteiger partial charge in [-0.05, 0) is 54.3 Å². The number of piperidine rings is 1. The van der Waals surface area contributed by atoms with Crippen molar-refractivity contribution in [1.29, 1.82) is 0 Å². The van der Waals surface area contributed by atoms with Gasteiger partial charge >= 0.3 is 12.0 Å². The minimum Gasteiger partial charge on any atom is -0.465 e. The Morgan fingerprint density at radius 3 is 2.62 bits per heavy atom. The zero-order valence-electron chi connectivity index (χ0n) is 22.0. The number of methoxy groups -OCH3 is 1. The Morgan fingerprint density at radius 1 is 1.00 bits per heavy atom. The number of likely N-dealkylation sites (tertiary alicyclic amines) is 1. The van der Waals surface area contributed by atoms with Crippen LogP contribution in [0.1, 0.15) is 44.6 Å². The molecule has 0 aliphatic carbocycles. The van der Waals surface area contributed by atoms with Crippen LogP contribution in [0.15, 0.2) is 79.0 Å². The molecule has 2 aromatic carbocycles. The second kappa shape index (κ2) is 11.2. The van der Waals surface area contributed by atoms with Crippen molar-refractivity contribution in [3.63, 3.8) is 0 Å². The first kappa shape index (κ1) is 25.5. The van der Waals surface area contributed by atoms with E-state index < -0.39 is 0 Å². The number of fused-ring (bicyclic) bond motifs is 1. The second-order valence-electron chi connectivity index (χ2n) is 10.3. The summed E-state index contributed by atoms with van der Waals surface area (Å²) >= 11 is 1.39. The number of carbonyl (C=O) groups excluding carboxylic acids is 2. The molecule has 7 nitrogen and oxygen atoms in total. The number of aromatic nitrogens is 1. The van der Waals surface area contributed by atoms with E-state index in [9.17, 15) is 9.59 Å². The van der Waals surface area contributed by atoms with Crippen molar-refractivity contribution in [2.45, 2.75) is 38.0 Å². The van der Waals surface area contributed by atoms with Crippen LogP contribution in [0.5, 0.6) is 0 Å². The van der Waals surface area contributed by atoms with Gasteiger partial charge in [0.15, 0.2) is 0 Å². The van der Waals surface area contributed by atoms with Gasteiger partial charge in [0.1, 0.15) is 4.88 Å². The quantitative estimate of drug-likeness (QED) is 0.280. The largest absolute Gasteiger partial charge is 0.465 e. The lowest BCUT2D eigenvalue weighted by Crippen LogP contribution is -2.47. The summed E-state index contributed by atoms with van der Waals surface area (Å²) in [5.74, 6) is -0.338. The Morgan fingerprint density at radius 2 is 1.82 bits per heavy atom. The topological polar surface area (TPSA) is 66.0 Å². The van der Waals surface area contributed by atoms with Gasteiger partial charge in [-0.15, -0.1) is 11.3 Å². The Balaban J connectivity index is 1.15. The van der Waals surface area contributed by atoms with Crippen LogP contribution in [0.4, 0.5) is 4.79 Å². The van der Waals surface area contributed by atoms with Crippen LogP contribution in [0.3, 0.4) is 0 Å². The molecule has 2 aliphatic heterocycles. The highest BCUT2D eigenvalue weighted by atomic mass is 32.1. The minimum absolute atomic E-state index is 0.0169. The van der Waals surface area contributed by atoms with Crippen molar-refractivity contribution in [2.75, 3.05) is 26.7 Å². The van der Waals surface area contributed by atoms with Gasteiger partial charge < -0.3 is 14.5 Å². The van der Waals surface area contributed by atoms with Crippen molar-refractivity contribution in [1.82, 2.24) is 19.7 Å². The molecule has 0 spiro atoms. The highest BCUT2D eigenvalue weighted by Crippen LogP contribution is 2.36. The van der Waals surface area contributed by atoms with Crippen molar-refractivity contribution in [3.05, 3.63) is 99.9 Å². The zero-order chi connectivity index (χ0) is 26.8. The molecule has 0 bridgehead atoms. The van der Waals surface area contributed by atoms with Gasteiger partial charge in [-0.3, -0.25) is 9.88 Å². The fourth-order valence-electron chi connectivity index (χ4n) is 5.85. The van der Waals surface area contributed by atoms with Crippen molar-refractivity contribution in [2.24, 2.45) is 0 Å². The highest BCUT2D eigenvalue weighted by molar-refractivity contribution is 7.13. The third kappa shape index (κ3) is 5.40. The SMILES string of the molecule is COC(=O)c1ccc(CN2C[C@@H](c3ccccc3)N(C3CCN(Cc4ccc5ncccc5c4)CC3)C2=O)s1. The number of hydrogen-bond donors (Lipinski definition) is 0. The molecule has 39 heavy (non-hydrogen) atoms. The van der Waals surface area contributed by atoms with Gasteiger partial charge in [-0.25, -0.2) is 9.59 Å². The number of carbonyl (C=O) groups is 2. The predicted molar refractivity (Wildman–Crippen MR) is 153 cm³/mol. The zero-order valence-corrected chi connectivity index (χ0v) is 22.8. The molecule has 8 heteroatoms. The number of urea groups is 1. The number of benzene rings is 2. The van der Waals surface area contributed by atoms with Crippen molar-refractivity contribution >= 4 is 34.2 Å². The summed E-state index contributed by atoms with van der Waals surface area (Å²) in [5.41, 5.74) is 3.48. The molecule has 2 saturated heterocycles. The van der Waals surface area contributed by atoms with Gasteiger partial charge in [0.2, 0.25) is 0 Å². The summed E-state index contributed by atoms with van der Waals surface area (Å²) in [6.45, 7) is 3.94. The fraction of sp³-hybridized carbons (Fsp3) is 0.323. The van der Waals surface area contributed by atoms with E-state index in [0.717, 1.165) is 42.9 Å². The Labute approximate surface area is 232 Å². The normalized spacial score (nSPS) is 18.7. The van der Waals surface area contributed by atoms with Gasteiger partial charge in [0.25, 0.3) is 0 Å². The third-order valence-electron chi connectivity index (χ3n) is 7.82. The van der Waals surface area contributed by atoms with E-state index in [-0.39, 0.29) is 24.1 Å². The molecule has 200 valence electrons. The van der Waals surface area contributed by atoms with Crippen LogP contribution in [0, 0.1) is 0 Å². The van der Waals surface area contributed by atoms with E-state index in [1.807, 2.05) is 41.4 Å². The summed E-state index contributed by atoms with van der Waals surface area (Å²) in [6.07, 6.45) is 3.73. The molecule has 0 N–H and O–H groups in total. The van der Waals surface area contributed by atoms with E-state index >= 15 is 0 Å². The standard InChI is InChI=1S/C31H32N4O3S/c1-38-30(36)29-12-10-26(39-29)20-34-21-28(23-6-3-2-4-7-23)35(31(34)37)25-13-16-33(17-14-25)19-22-9-11-27-24(18-22)8-5-15-32-27/h2-12,15,18,25,28H,13-14,16-17,19-21H2,1H3/t28-/m0/s1. The van der Waals surface area contributed by atoms with Crippen molar-refractivity contribution < 1.29 is 14.3 Å². The molecule has 0 unspecified atom stereocenters. The molecular weight excluding hydrogens is 508 g/mol. The van der Waals surface area contributed by atoms with Gasteiger partial charge in [0, 0.05) is 48.7 Å². The molecule has 4 heterocycles. The van der Waals surface area contributed by atoms with E-state index in [4.69, 9.17) is 4.74 Å². The van der Waals surface area contributed by atoms with E-state index in [2.05, 4.69) is 51.2 Å². The lowest BCUT2D eigenvalue weighted by Gasteiger charge is -2.39. The Bertz CT molecular complexity index is 1460. The van der Waals surface area contributed by atoms with Crippen LogP contribution < -0.4 is 0 Å². The van der Waals surface area contributed by atoms with Gasteiger partial charge in [-0.2, -0.15) is 0 Å². The number of nitrogens with zero attached hydrogens (tertiary/aromatic N) is 4. The van der Waals surface area contributed by atoms with E-state index in [1.165, 1.54) is 35.0 Å². The number of pyridine rings is 1. The first-order chi connectivity index (χ1) is 19.1. The predicted octanol–water partition coefficient (Wildman–Crippen LogP) is 5.73. The van der Waals surface area contributed by atoms with Crippen LogP contribution in [0.2, 0.25) is 0 Å². The number of rotatable bonds is 7. The average Bonchev–Trinajstić information content (AvgIpc) is 3.58. The Hall–Kier alpha value is -3.75. The molecule has 2 amide bonds. The van der Waals surface area contributed by atoms with Crippen LogP contribution in [-0.2, 0) is 17.8 Å². The minimum atomic E-state index is -0.338. The first-order valence-electron chi connectivity index (χ1n) is 13.4. The highest BCUT2D eigenvalue weighted by Gasteiger charge is 2.42. The number of amides is 2. The molecule has 0 saturated carbocycles. The van der Waals surface area contributed by atoms with Crippen LogP contribution in [0.25, 0.3) is 10.9 Å². The molecule has 2 aliphatic rings. The Kier molecular flexibility index (Phi) is 7.30. The number of esters is 1. The summed E-state index contributed by atoms with van der Waals surface area (Å²) < 4.78 is 4.85. The molecule has 0 radical (unpaired) electrons. The molecule has 2 fully saturated rings. The molecule has 6 rings (SSSR count). The maximum Gasteiger partial charge on any atom is 0.348 e. The smallest absolute Gasteiger partial charge is 0.348 e. The van der Waals surface area contributed by atoms with E-state index in [1.54, 1.807) is 6.07 Å². The summed E-state index contributed by atoms with van der Waals surface area (Å²) in [4.78, 5) is 38.3. The summed E-state index contributed by atoms with van der Waals surface area (Å²) in [5, 5.41) is 1.17. The first-order valence-corrected chi connectivity index (χ1v) is 14.3. The molecular formula is C31H32N4O3S. The lowest BCUT2D eigenvalue weighted by atomic mass is 9.98. The second-order valence-corrected chi connectivity index (χ2v) is 11.5. The number of hydrogen-bond acceptors (Lipinski definition) is 6. The third-order valence-corrected chi connectivity index (χ3v) is 8.87. The number of ether oxygens (including phenoxy) is 1. The maximum absolute atomic E-state index is 13.8. The number of thiophene rings is 1. The molecule has 2 aromatic heterocycles. The van der Waals surface area contributed by atoms with Crippen molar-refractivity contribution in [3.8, 4) is 0 Å². The van der Waals surface area contributed by atoms with Gasteiger partial charge in [-0.1, -0.05) is 42.5 Å². The molecule has 1 atom stereocenters. The van der Waals surface area contributed by atoms with Gasteiger partial charge in [0.05, 0.1) is 25.2 Å². The lowest BCUT2D eigenvalue weighted by molar-refractivity contribution is 0.0606. The van der Waals surface area contributed by atoms with Crippen LogP contribution in [-0.4, -0.2) is 64.5 Å². The van der Waals surface area contributed by atoms with Crippen LogP contribution >= 0.6 is 11.3 Å². The molecule has 4 aromatic rings. The van der Waals surface area contributed by atoms with E-state index in [0.29, 0.717) is 18.0 Å². The fourth-order valence-corrected chi connectivity index (χ4v) is 6.80. The summed E-state index contributed by atoms with van der Waals surface area (Å²) in [7, 11) is 1.39. The summed E-state index contributed by atoms with van der Waals surface area (Å²) in [6, 6.07) is 24.9. The maximum atomic E-state index is 13.8. The average molecular weight is 541 g/mol.